The van der Waals surface area contributed by atoms with Crippen LogP contribution in [-0.2, 0) is 16.0 Å². The van der Waals surface area contributed by atoms with Crippen LogP contribution in [0.3, 0.4) is 0 Å². The van der Waals surface area contributed by atoms with Crippen LogP contribution < -0.4 is 10.6 Å². The standard InChI is InChI=1S/C23H21FN2O2/c24-20-10-12-21(13-11-20)26(15-14-22(25)27)23(28)16-17-6-8-19(9-7-17)18-4-2-1-3-5-18/h1-13H,14-16H2,(H2,25,27). The first kappa shape index (κ1) is 19.3. The number of amides is 2. The number of benzene rings is 3. The van der Waals surface area contributed by atoms with Crippen molar-refractivity contribution in [1.29, 1.82) is 0 Å². The van der Waals surface area contributed by atoms with Gasteiger partial charge in [0.2, 0.25) is 11.8 Å². The Morgan fingerprint density at radius 2 is 1.43 bits per heavy atom. The minimum atomic E-state index is -0.493. The Hall–Kier alpha value is -3.47. The first-order valence-corrected chi connectivity index (χ1v) is 9.01. The molecule has 2 amide bonds. The Morgan fingerprint density at radius 3 is 2.04 bits per heavy atom. The minimum absolute atomic E-state index is 0.0378. The van der Waals surface area contributed by atoms with Gasteiger partial charge in [-0.25, -0.2) is 4.39 Å². The average Bonchev–Trinajstić information content (AvgIpc) is 2.70. The second-order valence-corrected chi connectivity index (χ2v) is 6.48. The molecule has 0 bridgehead atoms. The Labute approximate surface area is 163 Å². The lowest BCUT2D eigenvalue weighted by atomic mass is 10.0. The molecule has 0 heterocycles. The lowest BCUT2D eigenvalue weighted by Crippen LogP contribution is -2.35. The third-order valence-electron chi connectivity index (χ3n) is 4.44. The lowest BCUT2D eigenvalue weighted by Gasteiger charge is -2.22. The molecule has 3 aromatic carbocycles. The van der Waals surface area contributed by atoms with Crippen LogP contribution in [0.2, 0.25) is 0 Å². The molecule has 0 spiro atoms. The van der Waals surface area contributed by atoms with Crippen LogP contribution >= 0.6 is 0 Å². The molecule has 0 aliphatic heterocycles. The number of hydrogen-bond acceptors (Lipinski definition) is 2. The Kier molecular flexibility index (Phi) is 6.17. The van der Waals surface area contributed by atoms with Crippen LogP contribution in [0.25, 0.3) is 11.1 Å². The normalized spacial score (nSPS) is 10.5. The fourth-order valence-corrected chi connectivity index (χ4v) is 2.96. The molecular formula is C23H21FN2O2. The van der Waals surface area contributed by atoms with E-state index in [2.05, 4.69) is 0 Å². The predicted octanol–water partition coefficient (Wildman–Crippen LogP) is 3.94. The van der Waals surface area contributed by atoms with E-state index in [1.165, 1.54) is 29.2 Å². The highest BCUT2D eigenvalue weighted by Crippen LogP contribution is 2.21. The topological polar surface area (TPSA) is 63.4 Å². The summed E-state index contributed by atoms with van der Waals surface area (Å²) >= 11 is 0. The first-order valence-electron chi connectivity index (χ1n) is 9.01. The van der Waals surface area contributed by atoms with Crippen molar-refractivity contribution in [2.45, 2.75) is 12.8 Å². The van der Waals surface area contributed by atoms with E-state index in [-0.39, 0.29) is 31.1 Å². The summed E-state index contributed by atoms with van der Waals surface area (Å²) in [4.78, 5) is 25.5. The van der Waals surface area contributed by atoms with Crippen molar-refractivity contribution >= 4 is 17.5 Å². The van der Waals surface area contributed by atoms with Crippen molar-refractivity contribution in [1.82, 2.24) is 0 Å². The maximum absolute atomic E-state index is 13.2. The summed E-state index contributed by atoms with van der Waals surface area (Å²) in [6.07, 6.45) is 0.210. The fourth-order valence-electron chi connectivity index (χ4n) is 2.96. The molecule has 3 aromatic rings. The van der Waals surface area contributed by atoms with E-state index in [1.54, 1.807) is 0 Å². The molecule has 0 aromatic heterocycles. The molecule has 3 rings (SSSR count). The molecule has 0 radical (unpaired) electrons. The predicted molar refractivity (Wildman–Crippen MR) is 108 cm³/mol. The summed E-state index contributed by atoms with van der Waals surface area (Å²) in [5.41, 5.74) is 8.80. The van der Waals surface area contributed by atoms with Gasteiger partial charge in [0.15, 0.2) is 0 Å². The molecule has 142 valence electrons. The number of carbonyl (C=O) groups is 2. The Bertz CT molecular complexity index is 939. The molecule has 0 aliphatic rings. The number of nitrogens with two attached hydrogens (primary N) is 1. The number of rotatable bonds is 7. The fraction of sp³-hybridized carbons (Fsp3) is 0.130. The molecule has 4 nitrogen and oxygen atoms in total. The molecule has 5 heteroatoms. The zero-order valence-electron chi connectivity index (χ0n) is 15.3. The summed E-state index contributed by atoms with van der Waals surface area (Å²) in [5.74, 6) is -1.06. The number of carbonyl (C=O) groups excluding carboxylic acids is 2. The van der Waals surface area contributed by atoms with Crippen LogP contribution in [0.15, 0.2) is 78.9 Å². The quantitative estimate of drug-likeness (QED) is 0.679. The minimum Gasteiger partial charge on any atom is -0.370 e. The van der Waals surface area contributed by atoms with Crippen LogP contribution in [0.1, 0.15) is 12.0 Å². The third kappa shape index (κ3) is 5.04. The SMILES string of the molecule is NC(=O)CCN(C(=O)Cc1ccc(-c2ccccc2)cc1)c1ccc(F)cc1. The van der Waals surface area contributed by atoms with E-state index >= 15 is 0 Å². The van der Waals surface area contributed by atoms with Gasteiger partial charge in [0.05, 0.1) is 6.42 Å². The summed E-state index contributed by atoms with van der Waals surface area (Å²) in [6, 6.07) is 23.4. The van der Waals surface area contributed by atoms with E-state index < -0.39 is 5.91 Å². The van der Waals surface area contributed by atoms with Crippen molar-refractivity contribution < 1.29 is 14.0 Å². The number of anilines is 1. The Balaban J connectivity index is 1.75. The first-order chi connectivity index (χ1) is 13.5. The van der Waals surface area contributed by atoms with E-state index in [4.69, 9.17) is 5.73 Å². The zero-order valence-corrected chi connectivity index (χ0v) is 15.3. The molecule has 28 heavy (non-hydrogen) atoms. The molecule has 0 unspecified atom stereocenters. The highest BCUT2D eigenvalue weighted by molar-refractivity contribution is 5.95. The Morgan fingerprint density at radius 1 is 0.821 bits per heavy atom. The van der Waals surface area contributed by atoms with Gasteiger partial charge in [-0.3, -0.25) is 9.59 Å². The van der Waals surface area contributed by atoms with E-state index in [0.717, 1.165) is 16.7 Å². The van der Waals surface area contributed by atoms with Gasteiger partial charge in [-0.2, -0.15) is 0 Å². The maximum atomic E-state index is 13.2. The van der Waals surface area contributed by atoms with Crippen molar-refractivity contribution in [2.75, 3.05) is 11.4 Å². The molecule has 0 atom stereocenters. The second kappa shape index (κ2) is 8.95. The number of halogens is 1. The van der Waals surface area contributed by atoms with Gasteiger partial charge in [-0.05, 0) is 41.0 Å². The number of nitrogens with zero attached hydrogens (tertiary/aromatic N) is 1. The summed E-state index contributed by atoms with van der Waals surface area (Å²) in [6.45, 7) is 0.155. The van der Waals surface area contributed by atoms with Crippen molar-refractivity contribution in [2.24, 2.45) is 5.73 Å². The molecule has 0 saturated carbocycles. The monoisotopic (exact) mass is 376 g/mol. The highest BCUT2D eigenvalue weighted by Gasteiger charge is 2.17. The second-order valence-electron chi connectivity index (χ2n) is 6.48. The number of hydrogen-bond donors (Lipinski definition) is 1. The van der Waals surface area contributed by atoms with E-state index in [0.29, 0.717) is 5.69 Å². The van der Waals surface area contributed by atoms with Crippen LogP contribution in [-0.4, -0.2) is 18.4 Å². The van der Waals surface area contributed by atoms with Crippen LogP contribution in [0, 0.1) is 5.82 Å². The van der Waals surface area contributed by atoms with Crippen LogP contribution in [0.4, 0.5) is 10.1 Å². The molecule has 0 aliphatic carbocycles. The van der Waals surface area contributed by atoms with E-state index in [9.17, 15) is 14.0 Å². The summed E-state index contributed by atoms with van der Waals surface area (Å²) in [7, 11) is 0. The smallest absolute Gasteiger partial charge is 0.231 e. The molecule has 0 fully saturated rings. The van der Waals surface area contributed by atoms with Gasteiger partial charge < -0.3 is 10.6 Å². The van der Waals surface area contributed by atoms with Crippen molar-refractivity contribution in [3.05, 3.63) is 90.2 Å². The lowest BCUT2D eigenvalue weighted by molar-refractivity contribution is -0.118. The maximum Gasteiger partial charge on any atom is 0.231 e. The van der Waals surface area contributed by atoms with Gasteiger partial charge in [-0.1, -0.05) is 54.6 Å². The van der Waals surface area contributed by atoms with Gasteiger partial charge in [0.1, 0.15) is 5.82 Å². The molecule has 2 N–H and O–H groups in total. The van der Waals surface area contributed by atoms with Gasteiger partial charge >= 0.3 is 0 Å². The van der Waals surface area contributed by atoms with Crippen molar-refractivity contribution in [3.8, 4) is 11.1 Å². The van der Waals surface area contributed by atoms with Crippen LogP contribution in [0.5, 0.6) is 0 Å². The summed E-state index contributed by atoms with van der Waals surface area (Å²) < 4.78 is 13.2. The molecule has 0 saturated heterocycles. The summed E-state index contributed by atoms with van der Waals surface area (Å²) in [5, 5.41) is 0. The van der Waals surface area contributed by atoms with Gasteiger partial charge in [0.25, 0.3) is 0 Å². The zero-order chi connectivity index (χ0) is 19.9. The highest BCUT2D eigenvalue weighted by atomic mass is 19.1. The average molecular weight is 376 g/mol. The van der Waals surface area contributed by atoms with Gasteiger partial charge in [-0.15, -0.1) is 0 Å². The number of primary amides is 1. The van der Waals surface area contributed by atoms with E-state index in [1.807, 2.05) is 54.6 Å². The largest absolute Gasteiger partial charge is 0.370 e. The third-order valence-corrected chi connectivity index (χ3v) is 4.44. The molecular weight excluding hydrogens is 355 g/mol. The van der Waals surface area contributed by atoms with Gasteiger partial charge in [0, 0.05) is 18.7 Å². The van der Waals surface area contributed by atoms with Crippen molar-refractivity contribution in [3.63, 3.8) is 0 Å².